The summed E-state index contributed by atoms with van der Waals surface area (Å²) in [6.45, 7) is 1.58. The van der Waals surface area contributed by atoms with E-state index in [1.54, 1.807) is 4.57 Å². The second kappa shape index (κ2) is 5.93. The third-order valence-corrected chi connectivity index (χ3v) is 4.08. The molecule has 126 valence electrons. The molecule has 0 bridgehead atoms. The van der Waals surface area contributed by atoms with Crippen LogP contribution < -0.4 is 10.5 Å². The van der Waals surface area contributed by atoms with E-state index in [9.17, 15) is 10.2 Å². The van der Waals surface area contributed by atoms with E-state index < -0.39 is 24.5 Å². The molecular formula is C14H20N4O5. The molecule has 1 unspecified atom stereocenters. The first kappa shape index (κ1) is 15.9. The Morgan fingerprint density at radius 2 is 2.13 bits per heavy atom. The van der Waals surface area contributed by atoms with Crippen LogP contribution in [0.5, 0.6) is 5.88 Å². The number of aliphatic hydroxyl groups is 2. The largest absolute Gasteiger partial charge is 0.480 e. The third kappa shape index (κ3) is 2.41. The Morgan fingerprint density at radius 3 is 2.74 bits per heavy atom. The molecule has 0 radical (unpaired) electrons. The molecule has 1 aliphatic heterocycles. The zero-order valence-electron chi connectivity index (χ0n) is 13.1. The molecule has 2 aromatic rings. The van der Waals surface area contributed by atoms with Gasteiger partial charge < -0.3 is 34.7 Å². The number of methoxy groups -OCH3 is 2. The van der Waals surface area contributed by atoms with Crippen molar-refractivity contribution in [2.45, 2.75) is 31.5 Å². The Balaban J connectivity index is 2.15. The first-order valence-corrected chi connectivity index (χ1v) is 7.17. The van der Waals surface area contributed by atoms with Gasteiger partial charge in [-0.1, -0.05) is 0 Å². The second-order valence-electron chi connectivity index (χ2n) is 5.45. The zero-order chi connectivity index (χ0) is 16.7. The maximum atomic E-state index is 10.2. The van der Waals surface area contributed by atoms with E-state index in [0.717, 1.165) is 5.56 Å². The summed E-state index contributed by atoms with van der Waals surface area (Å²) >= 11 is 0. The molecule has 23 heavy (non-hydrogen) atoms. The Kier molecular flexibility index (Phi) is 4.11. The Hall–Kier alpha value is -1.94. The molecule has 1 fully saturated rings. The summed E-state index contributed by atoms with van der Waals surface area (Å²) in [6, 6.07) is 0. The predicted molar refractivity (Wildman–Crippen MR) is 81.0 cm³/mol. The average Bonchev–Trinajstić information content (AvgIpc) is 3.03. The van der Waals surface area contributed by atoms with Crippen molar-refractivity contribution in [3.63, 3.8) is 0 Å². The number of anilines is 1. The fourth-order valence-electron chi connectivity index (χ4n) is 3.00. The van der Waals surface area contributed by atoms with E-state index in [0.29, 0.717) is 16.9 Å². The van der Waals surface area contributed by atoms with Crippen LogP contribution in [0, 0.1) is 6.92 Å². The smallest absolute Gasteiger partial charge is 0.227 e. The van der Waals surface area contributed by atoms with Gasteiger partial charge in [-0.3, -0.25) is 0 Å². The summed E-state index contributed by atoms with van der Waals surface area (Å²) in [5, 5.41) is 20.3. The molecule has 1 saturated heterocycles. The number of rotatable bonds is 4. The molecule has 1 aliphatic rings. The molecule has 4 atom stereocenters. The van der Waals surface area contributed by atoms with Crippen LogP contribution in [0.15, 0.2) is 6.20 Å². The molecular weight excluding hydrogens is 304 g/mol. The molecule has 0 amide bonds. The van der Waals surface area contributed by atoms with Crippen molar-refractivity contribution in [1.82, 2.24) is 14.5 Å². The molecule has 0 saturated carbocycles. The standard InChI is InChI=1S/C14H20N4O5/c1-6-4-18(11-8(6)12(22-3)17-14(15)16-11)13-10(21-2)9(20)7(5-19)23-13/h4,7,9-10,13,19-20H,5H2,1-3H3,(H2,15,16,17)/t7-,9-,10-,13?/m1/s1. The number of nitrogens with two attached hydrogens (primary N) is 1. The van der Waals surface area contributed by atoms with Crippen molar-refractivity contribution < 1.29 is 24.4 Å². The minimum Gasteiger partial charge on any atom is -0.480 e. The zero-order valence-corrected chi connectivity index (χ0v) is 13.1. The van der Waals surface area contributed by atoms with Crippen LogP contribution in [-0.2, 0) is 9.47 Å². The van der Waals surface area contributed by atoms with Gasteiger partial charge in [0.05, 0.1) is 19.1 Å². The maximum absolute atomic E-state index is 10.2. The number of ether oxygens (including phenoxy) is 3. The van der Waals surface area contributed by atoms with Crippen molar-refractivity contribution in [2.75, 3.05) is 26.6 Å². The van der Waals surface area contributed by atoms with E-state index in [-0.39, 0.29) is 12.6 Å². The SMILES string of the molecule is COc1nc(N)nc2c1c(C)cn2C1O[C@H](CO)[C@@H](O)[C@H]1OC. The molecule has 0 aliphatic carbocycles. The number of fused-ring (bicyclic) bond motifs is 1. The third-order valence-electron chi connectivity index (χ3n) is 4.08. The van der Waals surface area contributed by atoms with Gasteiger partial charge in [-0.2, -0.15) is 9.97 Å². The van der Waals surface area contributed by atoms with Crippen molar-refractivity contribution in [3.05, 3.63) is 11.8 Å². The van der Waals surface area contributed by atoms with Crippen LogP contribution in [0.2, 0.25) is 0 Å². The molecule has 0 spiro atoms. The Labute approximate surface area is 132 Å². The number of aryl methyl sites for hydroxylation is 1. The lowest BCUT2D eigenvalue weighted by Crippen LogP contribution is -2.34. The van der Waals surface area contributed by atoms with Gasteiger partial charge in [0.2, 0.25) is 11.8 Å². The molecule has 4 N–H and O–H groups in total. The number of nitrogen functional groups attached to an aromatic ring is 1. The Morgan fingerprint density at radius 1 is 1.39 bits per heavy atom. The van der Waals surface area contributed by atoms with E-state index in [1.807, 2.05) is 13.1 Å². The van der Waals surface area contributed by atoms with Crippen LogP contribution >= 0.6 is 0 Å². The van der Waals surface area contributed by atoms with Gasteiger partial charge in [0.1, 0.15) is 18.3 Å². The quantitative estimate of drug-likeness (QED) is 0.693. The minimum absolute atomic E-state index is 0.0694. The fraction of sp³-hybridized carbons (Fsp3) is 0.571. The highest BCUT2D eigenvalue weighted by atomic mass is 16.6. The van der Waals surface area contributed by atoms with E-state index in [2.05, 4.69) is 9.97 Å². The molecule has 0 aromatic carbocycles. The maximum Gasteiger partial charge on any atom is 0.227 e. The van der Waals surface area contributed by atoms with Crippen LogP contribution in [0.3, 0.4) is 0 Å². The Bertz CT molecular complexity index is 719. The van der Waals surface area contributed by atoms with Gasteiger partial charge in [0, 0.05) is 13.3 Å². The molecule has 3 rings (SSSR count). The predicted octanol–water partition coefficient (Wildman–Crippen LogP) is -0.404. The molecule has 3 heterocycles. The topological polar surface area (TPSA) is 125 Å². The first-order chi connectivity index (χ1) is 11.0. The lowest BCUT2D eigenvalue weighted by Gasteiger charge is -2.20. The van der Waals surface area contributed by atoms with Crippen molar-refractivity contribution in [3.8, 4) is 5.88 Å². The number of aliphatic hydroxyl groups excluding tert-OH is 2. The van der Waals surface area contributed by atoms with E-state index in [1.165, 1.54) is 14.2 Å². The van der Waals surface area contributed by atoms with Crippen molar-refractivity contribution in [1.29, 1.82) is 0 Å². The van der Waals surface area contributed by atoms with Gasteiger partial charge in [-0.15, -0.1) is 0 Å². The number of hydrogen-bond donors (Lipinski definition) is 3. The summed E-state index contributed by atoms with van der Waals surface area (Å²) in [7, 11) is 2.99. The highest BCUT2D eigenvalue weighted by Crippen LogP contribution is 2.36. The van der Waals surface area contributed by atoms with E-state index >= 15 is 0 Å². The molecule has 9 heteroatoms. The summed E-state index contributed by atoms with van der Waals surface area (Å²) in [5.41, 5.74) is 7.14. The average molecular weight is 324 g/mol. The highest BCUT2D eigenvalue weighted by molar-refractivity contribution is 5.86. The number of nitrogens with zero attached hydrogens (tertiary/aromatic N) is 3. The number of aromatic nitrogens is 3. The summed E-state index contributed by atoms with van der Waals surface area (Å²) in [5.74, 6) is 0.440. The lowest BCUT2D eigenvalue weighted by molar-refractivity contribution is -0.0580. The van der Waals surface area contributed by atoms with Crippen molar-refractivity contribution in [2.24, 2.45) is 0 Å². The van der Waals surface area contributed by atoms with Crippen LogP contribution in [0.4, 0.5) is 5.95 Å². The first-order valence-electron chi connectivity index (χ1n) is 7.17. The van der Waals surface area contributed by atoms with Crippen LogP contribution in [0.25, 0.3) is 11.0 Å². The summed E-state index contributed by atoms with van der Waals surface area (Å²) in [6.07, 6.45) is -1.17. The van der Waals surface area contributed by atoms with Gasteiger partial charge in [-0.25, -0.2) is 0 Å². The molecule has 9 nitrogen and oxygen atoms in total. The van der Waals surface area contributed by atoms with Crippen LogP contribution in [-0.4, -0.2) is 63.9 Å². The molecule has 2 aromatic heterocycles. The highest BCUT2D eigenvalue weighted by Gasteiger charge is 2.45. The van der Waals surface area contributed by atoms with Crippen LogP contribution in [0.1, 0.15) is 11.8 Å². The normalized spacial score (nSPS) is 27.7. The van der Waals surface area contributed by atoms with Crippen molar-refractivity contribution >= 4 is 17.0 Å². The van der Waals surface area contributed by atoms with E-state index in [4.69, 9.17) is 19.9 Å². The monoisotopic (exact) mass is 324 g/mol. The fourth-order valence-corrected chi connectivity index (χ4v) is 3.00. The van der Waals surface area contributed by atoms with Gasteiger partial charge in [0.15, 0.2) is 11.9 Å². The lowest BCUT2D eigenvalue weighted by atomic mass is 10.1. The number of hydrogen-bond acceptors (Lipinski definition) is 8. The summed E-state index contributed by atoms with van der Waals surface area (Å²) < 4.78 is 18.1. The van der Waals surface area contributed by atoms with Gasteiger partial charge in [0.25, 0.3) is 0 Å². The minimum atomic E-state index is -0.950. The van der Waals surface area contributed by atoms with Gasteiger partial charge in [-0.05, 0) is 12.5 Å². The van der Waals surface area contributed by atoms with Gasteiger partial charge >= 0.3 is 0 Å². The summed E-state index contributed by atoms with van der Waals surface area (Å²) in [4.78, 5) is 8.34. The second-order valence-corrected chi connectivity index (χ2v) is 5.45.